The Balaban J connectivity index is 2.23. The maximum Gasteiger partial charge on any atom is 0.105 e. The lowest BCUT2D eigenvalue weighted by molar-refractivity contribution is 0.715. The van der Waals surface area contributed by atoms with Gasteiger partial charge in [0, 0.05) is 6.21 Å². The highest BCUT2D eigenvalue weighted by atomic mass is 33.1. The highest BCUT2D eigenvalue weighted by Crippen LogP contribution is 2.29. The second-order valence-electron chi connectivity index (χ2n) is 1.98. The van der Waals surface area contributed by atoms with Gasteiger partial charge in [0.2, 0.25) is 0 Å². The van der Waals surface area contributed by atoms with Gasteiger partial charge in [0.15, 0.2) is 0 Å². The van der Waals surface area contributed by atoms with Gasteiger partial charge in [0.25, 0.3) is 0 Å². The molecule has 1 aliphatic rings. The molecule has 0 aromatic carbocycles. The van der Waals surface area contributed by atoms with Crippen molar-refractivity contribution in [3.05, 3.63) is 0 Å². The van der Waals surface area contributed by atoms with Crippen molar-refractivity contribution >= 4 is 27.8 Å². The molecule has 1 rings (SSSR count). The van der Waals surface area contributed by atoms with E-state index in [1.807, 2.05) is 21.6 Å². The van der Waals surface area contributed by atoms with Crippen molar-refractivity contribution in [3.8, 4) is 0 Å². The Bertz CT molecular complexity index is 103. The number of nitrogens with zero attached hydrogens (tertiary/aromatic N) is 1. The monoisotopic (exact) mass is 161 g/mol. The first-order valence-corrected chi connectivity index (χ1v) is 5.76. The molecule has 0 N–H and O–H groups in total. The molecule has 1 aliphatic heterocycles. The number of rotatable bonds is 2. The van der Waals surface area contributed by atoms with Gasteiger partial charge in [-0.3, -0.25) is 4.99 Å². The fraction of sp³-hybridized carbons (Fsp3) is 0.833. The van der Waals surface area contributed by atoms with Crippen molar-refractivity contribution in [1.82, 2.24) is 0 Å². The molecule has 1 nitrogen and oxygen atoms in total. The van der Waals surface area contributed by atoms with E-state index in [9.17, 15) is 0 Å². The Morgan fingerprint density at radius 3 is 3.11 bits per heavy atom. The second kappa shape index (κ2) is 4.23. The second-order valence-corrected chi connectivity index (χ2v) is 4.63. The van der Waals surface area contributed by atoms with Crippen LogP contribution in [0.4, 0.5) is 0 Å². The summed E-state index contributed by atoms with van der Waals surface area (Å²) in [4.78, 5) is 4.34. The predicted octanol–water partition coefficient (Wildman–Crippen LogP) is 2.58. The zero-order valence-electron chi connectivity index (χ0n) is 5.54. The van der Waals surface area contributed by atoms with Crippen molar-refractivity contribution in [1.29, 1.82) is 0 Å². The van der Waals surface area contributed by atoms with Crippen LogP contribution in [0.3, 0.4) is 0 Å². The minimum atomic E-state index is 0.550. The molecule has 3 heteroatoms. The SMILES string of the molecule is CSSC1CCCC=N1. The van der Waals surface area contributed by atoms with E-state index in [0.29, 0.717) is 5.37 Å². The van der Waals surface area contributed by atoms with Crippen LogP contribution in [-0.2, 0) is 0 Å². The summed E-state index contributed by atoms with van der Waals surface area (Å²) >= 11 is 0. The van der Waals surface area contributed by atoms with Crippen LogP contribution < -0.4 is 0 Å². The van der Waals surface area contributed by atoms with E-state index in [0.717, 1.165) is 0 Å². The third kappa shape index (κ3) is 2.63. The molecule has 1 unspecified atom stereocenters. The highest BCUT2D eigenvalue weighted by molar-refractivity contribution is 8.76. The molecule has 52 valence electrons. The van der Waals surface area contributed by atoms with E-state index in [1.165, 1.54) is 19.3 Å². The minimum Gasteiger partial charge on any atom is -0.283 e. The molecule has 0 bridgehead atoms. The van der Waals surface area contributed by atoms with Crippen molar-refractivity contribution in [2.24, 2.45) is 4.99 Å². The summed E-state index contributed by atoms with van der Waals surface area (Å²) in [6.07, 6.45) is 7.93. The van der Waals surface area contributed by atoms with Gasteiger partial charge in [-0.1, -0.05) is 21.6 Å². The normalized spacial score (nSPS) is 26.6. The first-order chi connectivity index (χ1) is 4.43. The Morgan fingerprint density at radius 2 is 2.56 bits per heavy atom. The van der Waals surface area contributed by atoms with Gasteiger partial charge >= 0.3 is 0 Å². The molecular weight excluding hydrogens is 150 g/mol. The van der Waals surface area contributed by atoms with E-state index in [-0.39, 0.29) is 0 Å². The molecule has 0 saturated carbocycles. The fourth-order valence-corrected chi connectivity index (χ4v) is 2.56. The molecule has 1 atom stereocenters. The quantitative estimate of drug-likeness (QED) is 0.577. The predicted molar refractivity (Wildman–Crippen MR) is 47.2 cm³/mol. The van der Waals surface area contributed by atoms with Gasteiger partial charge < -0.3 is 0 Å². The third-order valence-electron chi connectivity index (χ3n) is 1.26. The van der Waals surface area contributed by atoms with E-state index in [4.69, 9.17) is 0 Å². The lowest BCUT2D eigenvalue weighted by Crippen LogP contribution is -2.02. The van der Waals surface area contributed by atoms with Crippen LogP contribution in [0, 0.1) is 0 Å². The van der Waals surface area contributed by atoms with Gasteiger partial charge in [0.05, 0.1) is 0 Å². The molecule has 0 aromatic heterocycles. The summed E-state index contributed by atoms with van der Waals surface area (Å²) in [6.45, 7) is 0. The summed E-state index contributed by atoms with van der Waals surface area (Å²) in [5.41, 5.74) is 0. The first-order valence-electron chi connectivity index (χ1n) is 3.14. The number of hydrogen-bond donors (Lipinski definition) is 0. The topological polar surface area (TPSA) is 12.4 Å². The average molecular weight is 161 g/mol. The van der Waals surface area contributed by atoms with Crippen molar-refractivity contribution in [3.63, 3.8) is 0 Å². The van der Waals surface area contributed by atoms with E-state index in [2.05, 4.69) is 17.5 Å². The molecule has 0 aliphatic carbocycles. The van der Waals surface area contributed by atoms with Crippen LogP contribution in [-0.4, -0.2) is 17.8 Å². The number of aliphatic imine (C=N–C) groups is 1. The molecule has 0 spiro atoms. The summed E-state index contributed by atoms with van der Waals surface area (Å²) in [5.74, 6) is 0. The molecule has 0 amide bonds. The Kier molecular flexibility index (Phi) is 3.51. The largest absolute Gasteiger partial charge is 0.283 e. The standard InChI is InChI=1S/C6H11NS2/c1-8-9-6-4-2-3-5-7-6/h5-6H,2-4H2,1H3. The summed E-state index contributed by atoms with van der Waals surface area (Å²) in [6, 6.07) is 0. The third-order valence-corrected chi connectivity index (χ3v) is 3.28. The zero-order chi connectivity index (χ0) is 6.53. The molecule has 0 fully saturated rings. The van der Waals surface area contributed by atoms with Gasteiger partial charge in [-0.05, 0) is 25.5 Å². The highest BCUT2D eigenvalue weighted by Gasteiger charge is 2.07. The van der Waals surface area contributed by atoms with Crippen LogP contribution in [0.5, 0.6) is 0 Å². The lowest BCUT2D eigenvalue weighted by atomic mass is 10.2. The Hall–Kier alpha value is 0.370. The van der Waals surface area contributed by atoms with Crippen LogP contribution in [0.25, 0.3) is 0 Å². The summed E-state index contributed by atoms with van der Waals surface area (Å²) in [7, 11) is 3.68. The number of hydrogen-bond acceptors (Lipinski definition) is 3. The Morgan fingerprint density at radius 1 is 1.67 bits per heavy atom. The van der Waals surface area contributed by atoms with E-state index < -0.39 is 0 Å². The van der Waals surface area contributed by atoms with Crippen molar-refractivity contribution in [2.75, 3.05) is 6.26 Å². The molecule has 0 saturated heterocycles. The molecule has 0 aromatic rings. The average Bonchev–Trinajstić information content (AvgIpc) is 1.91. The van der Waals surface area contributed by atoms with Gasteiger partial charge in [-0.25, -0.2) is 0 Å². The van der Waals surface area contributed by atoms with Crippen LogP contribution in [0.1, 0.15) is 19.3 Å². The van der Waals surface area contributed by atoms with Crippen molar-refractivity contribution < 1.29 is 0 Å². The maximum atomic E-state index is 4.34. The van der Waals surface area contributed by atoms with Crippen LogP contribution in [0.2, 0.25) is 0 Å². The van der Waals surface area contributed by atoms with E-state index >= 15 is 0 Å². The molecule has 0 radical (unpaired) electrons. The summed E-state index contributed by atoms with van der Waals surface area (Å²) in [5, 5.41) is 0.550. The molecular formula is C6H11NS2. The van der Waals surface area contributed by atoms with Gasteiger partial charge in [-0.15, -0.1) is 0 Å². The smallest absolute Gasteiger partial charge is 0.105 e. The fourth-order valence-electron chi connectivity index (χ4n) is 0.834. The van der Waals surface area contributed by atoms with Crippen LogP contribution in [0.15, 0.2) is 4.99 Å². The minimum absolute atomic E-state index is 0.550. The first kappa shape index (κ1) is 7.48. The summed E-state index contributed by atoms with van der Waals surface area (Å²) < 4.78 is 0. The van der Waals surface area contributed by atoms with Crippen LogP contribution >= 0.6 is 21.6 Å². The van der Waals surface area contributed by atoms with Crippen molar-refractivity contribution in [2.45, 2.75) is 24.6 Å². The molecule has 1 heterocycles. The maximum absolute atomic E-state index is 4.34. The lowest BCUT2D eigenvalue weighted by Gasteiger charge is -2.12. The Labute approximate surface area is 64.1 Å². The van der Waals surface area contributed by atoms with E-state index in [1.54, 1.807) is 0 Å². The zero-order valence-corrected chi connectivity index (χ0v) is 7.17. The van der Waals surface area contributed by atoms with Gasteiger partial charge in [0.1, 0.15) is 5.37 Å². The molecule has 9 heavy (non-hydrogen) atoms. The van der Waals surface area contributed by atoms with Gasteiger partial charge in [-0.2, -0.15) is 0 Å².